The van der Waals surface area contributed by atoms with E-state index in [4.69, 9.17) is 4.74 Å². The first-order chi connectivity index (χ1) is 16.9. The van der Waals surface area contributed by atoms with Crippen molar-refractivity contribution in [3.63, 3.8) is 0 Å². The average molecular weight is 497 g/mol. The Labute approximate surface area is 209 Å². The van der Waals surface area contributed by atoms with Crippen LogP contribution >= 0.6 is 0 Å². The molecule has 1 N–H and O–H groups in total. The van der Waals surface area contributed by atoms with E-state index in [1.165, 1.54) is 24.6 Å². The first-order valence-corrected chi connectivity index (χ1v) is 14.1. The number of benzene rings is 2. The van der Waals surface area contributed by atoms with Crippen LogP contribution < -0.4 is 4.74 Å². The minimum atomic E-state index is -4.02. The van der Waals surface area contributed by atoms with Crippen LogP contribution in [0.5, 0.6) is 5.75 Å². The van der Waals surface area contributed by atoms with Crippen LogP contribution in [-0.4, -0.2) is 31.5 Å². The molecule has 0 spiro atoms. The molecular formula is C29H36O5S. The van der Waals surface area contributed by atoms with Crippen LogP contribution in [0.2, 0.25) is 0 Å². The van der Waals surface area contributed by atoms with Gasteiger partial charge in [-0.15, -0.1) is 0 Å². The molecule has 2 aromatic carbocycles. The first kappa shape index (κ1) is 26.9. The van der Waals surface area contributed by atoms with Crippen molar-refractivity contribution in [1.82, 2.24) is 0 Å². The monoisotopic (exact) mass is 496 g/mol. The smallest absolute Gasteiger partial charge is 0.210 e. The third-order valence-corrected chi connectivity index (χ3v) is 8.04. The Morgan fingerprint density at radius 1 is 0.886 bits per heavy atom. The molecule has 5 nitrogen and oxygen atoms in total. The zero-order valence-corrected chi connectivity index (χ0v) is 21.3. The maximum absolute atomic E-state index is 13.3. The number of allylic oxidation sites excluding steroid dienone is 2. The van der Waals surface area contributed by atoms with Crippen molar-refractivity contribution in [2.24, 2.45) is 0 Å². The standard InChI is InChI=1S/C29H36O5S/c1-2-3-4-5-6-13-20-26-28(30)27(35(32,33)25-18-11-8-12-19-25)23-29(26,31)21-14-15-22-34-24-16-9-7-10-17-24/h7-12,16-20,23,31H,2-6,13-15,21-22H2,1H3/b26-20+. The second-order valence-corrected chi connectivity index (χ2v) is 10.9. The van der Waals surface area contributed by atoms with E-state index >= 15 is 0 Å². The third kappa shape index (κ3) is 7.15. The molecule has 1 aliphatic carbocycles. The number of aliphatic hydroxyl groups is 1. The number of hydrogen-bond acceptors (Lipinski definition) is 5. The van der Waals surface area contributed by atoms with Gasteiger partial charge in [-0.1, -0.05) is 75.1 Å². The predicted octanol–water partition coefficient (Wildman–Crippen LogP) is 6.19. The summed E-state index contributed by atoms with van der Waals surface area (Å²) >= 11 is 0. The van der Waals surface area contributed by atoms with Crippen LogP contribution in [0, 0.1) is 0 Å². The molecule has 6 heteroatoms. The van der Waals surface area contributed by atoms with Gasteiger partial charge in [-0.25, -0.2) is 8.42 Å². The van der Waals surface area contributed by atoms with Crippen molar-refractivity contribution in [1.29, 1.82) is 0 Å². The zero-order chi connectivity index (χ0) is 25.2. The van der Waals surface area contributed by atoms with Crippen LogP contribution in [0.1, 0.15) is 64.7 Å². The molecule has 1 atom stereocenters. The predicted molar refractivity (Wildman–Crippen MR) is 139 cm³/mol. The van der Waals surface area contributed by atoms with Gasteiger partial charge in [-0.3, -0.25) is 4.79 Å². The Morgan fingerprint density at radius 3 is 2.23 bits per heavy atom. The molecule has 2 aromatic rings. The van der Waals surface area contributed by atoms with Crippen molar-refractivity contribution < 1.29 is 23.1 Å². The average Bonchev–Trinajstić information content (AvgIpc) is 3.13. The highest BCUT2D eigenvalue weighted by Crippen LogP contribution is 2.39. The summed E-state index contributed by atoms with van der Waals surface area (Å²) in [7, 11) is -4.02. The second kappa shape index (κ2) is 12.8. The Hall–Kier alpha value is -2.70. The van der Waals surface area contributed by atoms with Crippen LogP contribution in [0.25, 0.3) is 0 Å². The van der Waals surface area contributed by atoms with Crippen molar-refractivity contribution in [3.8, 4) is 5.75 Å². The van der Waals surface area contributed by atoms with Gasteiger partial charge >= 0.3 is 0 Å². The molecule has 3 rings (SSSR count). The van der Waals surface area contributed by atoms with Crippen molar-refractivity contribution in [3.05, 3.63) is 83.3 Å². The van der Waals surface area contributed by atoms with Crippen LogP contribution in [0.3, 0.4) is 0 Å². The molecule has 0 amide bonds. The van der Waals surface area contributed by atoms with Gasteiger partial charge in [0.1, 0.15) is 16.3 Å². The number of ketones is 1. The van der Waals surface area contributed by atoms with E-state index in [1.54, 1.807) is 24.3 Å². The van der Waals surface area contributed by atoms with Crippen molar-refractivity contribution >= 4 is 15.6 Å². The number of rotatable bonds is 14. The van der Waals surface area contributed by atoms with Gasteiger partial charge in [0, 0.05) is 5.57 Å². The van der Waals surface area contributed by atoms with Gasteiger partial charge in [0.05, 0.1) is 11.5 Å². The topological polar surface area (TPSA) is 80.7 Å². The van der Waals surface area contributed by atoms with Crippen molar-refractivity contribution in [2.75, 3.05) is 6.61 Å². The molecule has 0 saturated heterocycles. The lowest BCUT2D eigenvalue weighted by molar-refractivity contribution is -0.112. The summed E-state index contributed by atoms with van der Waals surface area (Å²) in [4.78, 5) is 13.0. The highest BCUT2D eigenvalue weighted by molar-refractivity contribution is 7.96. The Kier molecular flexibility index (Phi) is 9.87. The maximum Gasteiger partial charge on any atom is 0.210 e. The summed E-state index contributed by atoms with van der Waals surface area (Å²) in [6.45, 7) is 2.63. The molecule has 188 valence electrons. The zero-order valence-electron chi connectivity index (χ0n) is 20.5. The van der Waals surface area contributed by atoms with Gasteiger partial charge in [-0.05, 0) is 62.4 Å². The molecule has 1 unspecified atom stereocenters. The lowest BCUT2D eigenvalue weighted by Crippen LogP contribution is -2.28. The van der Waals surface area contributed by atoms with E-state index in [0.29, 0.717) is 25.9 Å². The molecule has 0 saturated carbocycles. The number of carbonyl (C=O) groups is 1. The fraction of sp³-hybridized carbons (Fsp3) is 0.414. The Balaban J connectivity index is 1.72. The number of para-hydroxylation sites is 1. The fourth-order valence-corrected chi connectivity index (χ4v) is 5.76. The van der Waals surface area contributed by atoms with E-state index in [1.807, 2.05) is 30.3 Å². The molecule has 1 aliphatic rings. The first-order valence-electron chi connectivity index (χ1n) is 12.6. The van der Waals surface area contributed by atoms with Crippen LogP contribution in [-0.2, 0) is 14.6 Å². The van der Waals surface area contributed by atoms with Gasteiger partial charge < -0.3 is 9.84 Å². The quantitative estimate of drug-likeness (QED) is 0.249. The molecule has 0 heterocycles. The summed E-state index contributed by atoms with van der Waals surface area (Å²) in [6.07, 6.45) is 10.6. The second-order valence-electron chi connectivity index (χ2n) is 9.02. The molecule has 0 bridgehead atoms. The van der Waals surface area contributed by atoms with E-state index in [0.717, 1.165) is 31.4 Å². The van der Waals surface area contributed by atoms with Crippen LogP contribution in [0.15, 0.2) is 88.2 Å². The van der Waals surface area contributed by atoms with Gasteiger partial charge in [0.25, 0.3) is 0 Å². The number of carbonyl (C=O) groups excluding carboxylic acids is 1. The molecule has 0 radical (unpaired) electrons. The van der Waals surface area contributed by atoms with Crippen LogP contribution in [0.4, 0.5) is 0 Å². The fourth-order valence-electron chi connectivity index (χ4n) is 4.29. The lowest BCUT2D eigenvalue weighted by Gasteiger charge is -2.22. The van der Waals surface area contributed by atoms with E-state index in [9.17, 15) is 18.3 Å². The van der Waals surface area contributed by atoms with E-state index in [2.05, 4.69) is 6.92 Å². The lowest BCUT2D eigenvalue weighted by atomic mass is 9.90. The Bertz CT molecular complexity index is 1120. The third-order valence-electron chi connectivity index (χ3n) is 6.27. The normalized spacial score (nSPS) is 19.2. The summed E-state index contributed by atoms with van der Waals surface area (Å²) in [5.74, 6) is 0.187. The molecule has 0 aliphatic heterocycles. The molecular weight excluding hydrogens is 460 g/mol. The number of unbranched alkanes of at least 4 members (excludes halogenated alkanes) is 6. The summed E-state index contributed by atoms with van der Waals surface area (Å²) in [5.41, 5.74) is -1.41. The van der Waals surface area contributed by atoms with E-state index < -0.39 is 21.2 Å². The molecule has 35 heavy (non-hydrogen) atoms. The summed E-state index contributed by atoms with van der Waals surface area (Å²) in [6, 6.07) is 17.4. The van der Waals surface area contributed by atoms with Gasteiger partial charge in [0.15, 0.2) is 0 Å². The number of hydrogen-bond donors (Lipinski definition) is 1. The SMILES string of the molecule is CCCCCCC/C=C1\C(=O)C(S(=O)(=O)c2ccccc2)=CC1(O)CCCCOc1ccccc1. The summed E-state index contributed by atoms with van der Waals surface area (Å²) < 4.78 is 32.1. The maximum atomic E-state index is 13.3. The van der Waals surface area contributed by atoms with Gasteiger partial charge in [-0.2, -0.15) is 0 Å². The van der Waals surface area contributed by atoms with Crippen molar-refractivity contribution in [2.45, 2.75) is 75.2 Å². The molecule has 0 fully saturated rings. The van der Waals surface area contributed by atoms with Gasteiger partial charge in [0.2, 0.25) is 15.6 Å². The number of ether oxygens (including phenoxy) is 1. The highest BCUT2D eigenvalue weighted by atomic mass is 32.2. The number of Topliss-reactive ketones (excluding diaryl/α,β-unsaturated/α-hetero) is 1. The summed E-state index contributed by atoms with van der Waals surface area (Å²) in [5, 5.41) is 11.5. The number of sulfone groups is 1. The molecule has 0 aromatic heterocycles. The Morgan fingerprint density at radius 2 is 1.54 bits per heavy atom. The van der Waals surface area contributed by atoms with E-state index in [-0.39, 0.29) is 21.8 Å². The minimum absolute atomic E-state index is 0.0547. The minimum Gasteiger partial charge on any atom is -0.494 e. The highest BCUT2D eigenvalue weighted by Gasteiger charge is 2.45. The largest absolute Gasteiger partial charge is 0.494 e.